The SMILES string of the molecule is COc1ccc(C(=O)[C@@H](Cc2c(O)cc(O)cc2O)OC(=O)c2cc(OC)c(OC)c(OC)c2)cc1O. The summed E-state index contributed by atoms with van der Waals surface area (Å²) in [5, 5.41) is 40.2. The number of carbonyl (C=O) groups is 2. The molecule has 0 radical (unpaired) electrons. The van der Waals surface area contributed by atoms with Gasteiger partial charge < -0.3 is 44.1 Å². The molecule has 0 amide bonds. The van der Waals surface area contributed by atoms with Crippen molar-refractivity contribution in [2.45, 2.75) is 12.5 Å². The van der Waals surface area contributed by atoms with E-state index in [4.69, 9.17) is 23.7 Å². The van der Waals surface area contributed by atoms with Gasteiger partial charge in [0.2, 0.25) is 11.5 Å². The first-order valence-corrected chi connectivity index (χ1v) is 10.8. The van der Waals surface area contributed by atoms with E-state index < -0.39 is 41.5 Å². The average molecular weight is 514 g/mol. The number of benzene rings is 3. The van der Waals surface area contributed by atoms with Crippen LogP contribution in [-0.2, 0) is 11.2 Å². The molecule has 0 aromatic heterocycles. The predicted octanol–water partition coefficient (Wildman–Crippen LogP) is 3.19. The monoisotopic (exact) mass is 514 g/mol. The van der Waals surface area contributed by atoms with E-state index in [1.807, 2.05) is 0 Å². The fourth-order valence-electron chi connectivity index (χ4n) is 3.64. The minimum absolute atomic E-state index is 0.0289. The van der Waals surface area contributed by atoms with E-state index in [2.05, 4.69) is 0 Å². The van der Waals surface area contributed by atoms with Gasteiger partial charge in [0.25, 0.3) is 0 Å². The Kier molecular flexibility index (Phi) is 8.18. The van der Waals surface area contributed by atoms with Crippen LogP contribution >= 0.6 is 0 Å². The largest absolute Gasteiger partial charge is 0.508 e. The number of esters is 1. The number of carbonyl (C=O) groups excluding carboxylic acids is 2. The van der Waals surface area contributed by atoms with E-state index >= 15 is 0 Å². The van der Waals surface area contributed by atoms with Crippen LogP contribution in [0.25, 0.3) is 0 Å². The van der Waals surface area contributed by atoms with Crippen LogP contribution in [-0.4, -0.2) is 66.7 Å². The van der Waals surface area contributed by atoms with E-state index in [1.165, 1.54) is 52.7 Å². The highest BCUT2D eigenvalue weighted by Gasteiger charge is 2.29. The summed E-state index contributed by atoms with van der Waals surface area (Å²) in [6, 6.07) is 8.46. The number of methoxy groups -OCH3 is 4. The highest BCUT2D eigenvalue weighted by molar-refractivity contribution is 6.02. The van der Waals surface area contributed by atoms with E-state index in [0.717, 1.165) is 18.2 Å². The number of ether oxygens (including phenoxy) is 5. The zero-order valence-corrected chi connectivity index (χ0v) is 20.5. The summed E-state index contributed by atoms with van der Waals surface area (Å²) in [6.45, 7) is 0. The Morgan fingerprint density at radius 2 is 1.27 bits per heavy atom. The molecule has 4 N–H and O–H groups in total. The molecule has 0 saturated heterocycles. The van der Waals surface area contributed by atoms with Crippen molar-refractivity contribution in [3.05, 3.63) is 59.2 Å². The summed E-state index contributed by atoms with van der Waals surface area (Å²) in [7, 11) is 5.47. The van der Waals surface area contributed by atoms with Gasteiger partial charge in [0.15, 0.2) is 29.1 Å². The van der Waals surface area contributed by atoms with E-state index in [9.17, 15) is 30.0 Å². The molecular formula is C26H26O11. The van der Waals surface area contributed by atoms with Crippen LogP contribution < -0.4 is 18.9 Å². The maximum absolute atomic E-state index is 13.4. The van der Waals surface area contributed by atoms with E-state index in [0.29, 0.717) is 0 Å². The molecule has 3 aromatic carbocycles. The topological polar surface area (TPSA) is 161 Å². The maximum atomic E-state index is 13.4. The number of Topliss-reactive ketones (excluding diaryl/α,β-unsaturated/α-hetero) is 1. The van der Waals surface area contributed by atoms with Gasteiger partial charge in [-0.05, 0) is 30.3 Å². The molecule has 0 aliphatic rings. The molecule has 0 heterocycles. The Balaban J connectivity index is 2.03. The average Bonchev–Trinajstić information content (AvgIpc) is 2.88. The van der Waals surface area contributed by atoms with Crippen LogP contribution in [0.15, 0.2) is 42.5 Å². The molecule has 37 heavy (non-hydrogen) atoms. The van der Waals surface area contributed by atoms with E-state index in [-0.39, 0.29) is 45.4 Å². The second-order valence-corrected chi connectivity index (χ2v) is 7.73. The Morgan fingerprint density at radius 3 is 1.76 bits per heavy atom. The van der Waals surface area contributed by atoms with E-state index in [1.54, 1.807) is 0 Å². The summed E-state index contributed by atoms with van der Waals surface area (Å²) in [5.74, 6) is -2.75. The van der Waals surface area contributed by atoms with Crippen molar-refractivity contribution in [1.29, 1.82) is 0 Å². The zero-order chi connectivity index (χ0) is 27.3. The van der Waals surface area contributed by atoms with Crippen molar-refractivity contribution in [2.75, 3.05) is 28.4 Å². The lowest BCUT2D eigenvalue weighted by Gasteiger charge is -2.20. The van der Waals surface area contributed by atoms with Gasteiger partial charge in [-0.25, -0.2) is 4.79 Å². The van der Waals surface area contributed by atoms with Gasteiger partial charge in [-0.3, -0.25) is 4.79 Å². The molecule has 0 unspecified atom stereocenters. The second kappa shape index (κ2) is 11.3. The van der Waals surface area contributed by atoms with Crippen LogP contribution in [0, 0.1) is 0 Å². The molecule has 0 bridgehead atoms. The third kappa shape index (κ3) is 5.72. The standard InChI is InChI=1S/C26H26O11/c1-33-20-6-5-13(7-19(20)30)24(31)21(12-16-17(28)10-15(27)11-18(16)29)37-26(32)14-8-22(34-2)25(36-4)23(9-14)35-3/h5-11,21,27-30H,12H2,1-4H3/t21-/m1/s1. The molecule has 0 aliphatic carbocycles. The predicted molar refractivity (Wildman–Crippen MR) is 129 cm³/mol. The van der Waals surface area contributed by atoms with Gasteiger partial charge in [0.1, 0.15) is 17.2 Å². The lowest BCUT2D eigenvalue weighted by atomic mass is 9.98. The first-order chi connectivity index (χ1) is 17.6. The number of phenols is 4. The summed E-state index contributed by atoms with van der Waals surface area (Å²) >= 11 is 0. The molecule has 196 valence electrons. The molecule has 11 heteroatoms. The van der Waals surface area contributed by atoms with Crippen molar-refractivity contribution in [2.24, 2.45) is 0 Å². The van der Waals surface area contributed by atoms with Gasteiger partial charge in [-0.15, -0.1) is 0 Å². The molecule has 1 atom stereocenters. The van der Waals surface area contributed by atoms with Crippen molar-refractivity contribution in [3.8, 4) is 46.0 Å². The number of hydrogen-bond acceptors (Lipinski definition) is 11. The first-order valence-electron chi connectivity index (χ1n) is 10.8. The molecule has 0 fully saturated rings. The second-order valence-electron chi connectivity index (χ2n) is 7.73. The summed E-state index contributed by atoms with van der Waals surface area (Å²) in [5.41, 5.74) is -0.214. The van der Waals surface area contributed by atoms with Crippen LogP contribution in [0.4, 0.5) is 0 Å². The smallest absolute Gasteiger partial charge is 0.339 e. The van der Waals surface area contributed by atoms with Gasteiger partial charge >= 0.3 is 5.97 Å². The third-order valence-electron chi connectivity index (χ3n) is 5.48. The maximum Gasteiger partial charge on any atom is 0.339 e. The number of hydrogen-bond donors (Lipinski definition) is 4. The number of aromatic hydroxyl groups is 4. The van der Waals surface area contributed by atoms with Gasteiger partial charge in [-0.1, -0.05) is 0 Å². The Labute approximate surface area is 212 Å². The molecule has 3 aromatic rings. The fourth-order valence-corrected chi connectivity index (χ4v) is 3.64. The lowest BCUT2D eigenvalue weighted by Crippen LogP contribution is -2.30. The molecule has 11 nitrogen and oxygen atoms in total. The highest BCUT2D eigenvalue weighted by atomic mass is 16.6. The molecule has 0 aliphatic heterocycles. The van der Waals surface area contributed by atoms with Gasteiger partial charge in [-0.2, -0.15) is 0 Å². The normalized spacial score (nSPS) is 11.4. The Morgan fingerprint density at radius 1 is 0.703 bits per heavy atom. The van der Waals surface area contributed by atoms with Gasteiger partial charge in [0, 0.05) is 29.7 Å². The minimum atomic E-state index is -1.57. The Hall–Kier alpha value is -4.80. The molecule has 0 spiro atoms. The first kappa shape index (κ1) is 26.8. The van der Waals surface area contributed by atoms with Gasteiger partial charge in [0.05, 0.1) is 34.0 Å². The fraction of sp³-hybridized carbons (Fsp3) is 0.231. The van der Waals surface area contributed by atoms with Crippen molar-refractivity contribution in [1.82, 2.24) is 0 Å². The summed E-state index contributed by atoms with van der Waals surface area (Å²) < 4.78 is 26.3. The van der Waals surface area contributed by atoms with Crippen LogP contribution in [0.2, 0.25) is 0 Å². The minimum Gasteiger partial charge on any atom is -0.508 e. The molecule has 0 saturated carbocycles. The van der Waals surface area contributed by atoms with Crippen molar-refractivity contribution >= 4 is 11.8 Å². The van der Waals surface area contributed by atoms with Crippen LogP contribution in [0.3, 0.4) is 0 Å². The molecule has 3 rings (SSSR count). The number of phenolic OH excluding ortho intramolecular Hbond substituents is 4. The summed E-state index contributed by atoms with van der Waals surface area (Å²) in [4.78, 5) is 26.5. The quantitative estimate of drug-likeness (QED) is 0.232. The van der Waals surface area contributed by atoms with Crippen molar-refractivity contribution < 1.29 is 53.7 Å². The summed E-state index contributed by atoms with van der Waals surface area (Å²) in [6.07, 6.45) is -2.03. The third-order valence-corrected chi connectivity index (χ3v) is 5.48. The number of ketones is 1. The zero-order valence-electron chi connectivity index (χ0n) is 20.5. The van der Waals surface area contributed by atoms with Crippen LogP contribution in [0.5, 0.6) is 46.0 Å². The number of rotatable bonds is 10. The Bertz CT molecular complexity index is 1270. The van der Waals surface area contributed by atoms with Crippen LogP contribution in [0.1, 0.15) is 26.3 Å². The van der Waals surface area contributed by atoms with Crippen molar-refractivity contribution in [3.63, 3.8) is 0 Å². The molecular weight excluding hydrogens is 488 g/mol. The highest BCUT2D eigenvalue weighted by Crippen LogP contribution is 2.39. The lowest BCUT2D eigenvalue weighted by molar-refractivity contribution is 0.0282.